The topological polar surface area (TPSA) is 43.7 Å². The molecule has 0 aromatic heterocycles. The first-order valence-corrected chi connectivity index (χ1v) is 6.96. The maximum Gasteiger partial charge on any atom is 0.488 e. The Bertz CT molecular complexity index is 601. The Hall–Kier alpha value is -1.62. The molecule has 2 N–H and O–H groups in total. The summed E-state index contributed by atoms with van der Waals surface area (Å²) in [5.74, 6) is 0. The molecule has 0 fully saturated rings. The fourth-order valence-electron chi connectivity index (χ4n) is 2.80. The van der Waals surface area contributed by atoms with Gasteiger partial charge in [-0.3, -0.25) is 4.90 Å². The van der Waals surface area contributed by atoms with Crippen LogP contribution >= 0.6 is 0 Å². The minimum absolute atomic E-state index is 0.555. The predicted molar refractivity (Wildman–Crippen MR) is 80.5 cm³/mol. The quantitative estimate of drug-likeness (QED) is 0.813. The lowest BCUT2D eigenvalue weighted by Gasteiger charge is -2.28. The van der Waals surface area contributed by atoms with Crippen molar-refractivity contribution in [1.29, 1.82) is 0 Å². The lowest BCUT2D eigenvalue weighted by atomic mass is 9.79. The van der Waals surface area contributed by atoms with Crippen LogP contribution in [0.25, 0.3) is 0 Å². The van der Waals surface area contributed by atoms with Gasteiger partial charge in [0.05, 0.1) is 0 Å². The fourth-order valence-corrected chi connectivity index (χ4v) is 2.80. The van der Waals surface area contributed by atoms with Crippen molar-refractivity contribution in [2.24, 2.45) is 0 Å². The van der Waals surface area contributed by atoms with Crippen molar-refractivity contribution >= 4 is 12.6 Å². The van der Waals surface area contributed by atoms with Crippen LogP contribution in [0, 0.1) is 0 Å². The van der Waals surface area contributed by atoms with Crippen LogP contribution < -0.4 is 5.46 Å². The van der Waals surface area contributed by atoms with Crippen LogP contribution in [-0.2, 0) is 19.5 Å². The highest BCUT2D eigenvalue weighted by Crippen LogP contribution is 2.19. The van der Waals surface area contributed by atoms with E-state index in [9.17, 15) is 10.0 Å². The first-order chi connectivity index (χ1) is 9.72. The van der Waals surface area contributed by atoms with Crippen molar-refractivity contribution in [3.05, 3.63) is 65.2 Å². The van der Waals surface area contributed by atoms with Crippen molar-refractivity contribution < 1.29 is 10.0 Å². The smallest absolute Gasteiger partial charge is 0.423 e. The molecule has 0 atom stereocenters. The number of hydrogen-bond acceptors (Lipinski definition) is 3. The van der Waals surface area contributed by atoms with Gasteiger partial charge >= 0.3 is 7.12 Å². The van der Waals surface area contributed by atoms with Gasteiger partial charge < -0.3 is 10.0 Å². The lowest BCUT2D eigenvalue weighted by molar-refractivity contribution is 0.245. The molecule has 0 saturated carbocycles. The van der Waals surface area contributed by atoms with Crippen molar-refractivity contribution in [1.82, 2.24) is 4.90 Å². The summed E-state index contributed by atoms with van der Waals surface area (Å²) >= 11 is 0. The van der Waals surface area contributed by atoms with Crippen LogP contribution in [0.4, 0.5) is 0 Å². The molecule has 1 aliphatic rings. The Morgan fingerprint density at radius 3 is 2.60 bits per heavy atom. The number of hydrogen-bond donors (Lipinski definition) is 2. The highest BCUT2D eigenvalue weighted by Gasteiger charge is 2.16. The summed E-state index contributed by atoms with van der Waals surface area (Å²) in [6.45, 7) is 2.85. The molecule has 3 rings (SSSR count). The summed E-state index contributed by atoms with van der Waals surface area (Å²) in [7, 11) is -1.39. The third-order valence-corrected chi connectivity index (χ3v) is 3.87. The van der Waals surface area contributed by atoms with Crippen molar-refractivity contribution in [2.75, 3.05) is 6.54 Å². The molecule has 3 nitrogen and oxygen atoms in total. The van der Waals surface area contributed by atoms with Crippen molar-refractivity contribution in [2.45, 2.75) is 19.5 Å². The molecule has 0 unspecified atom stereocenters. The first-order valence-electron chi connectivity index (χ1n) is 6.96. The molecular formula is C16H18BNO2. The monoisotopic (exact) mass is 267 g/mol. The number of nitrogens with zero attached hydrogens (tertiary/aromatic N) is 1. The maximum absolute atomic E-state index is 9.23. The first kappa shape index (κ1) is 13.4. The Balaban J connectivity index is 1.72. The van der Waals surface area contributed by atoms with E-state index in [4.69, 9.17) is 0 Å². The largest absolute Gasteiger partial charge is 0.488 e. The van der Waals surface area contributed by atoms with Crippen molar-refractivity contribution in [3.63, 3.8) is 0 Å². The minimum Gasteiger partial charge on any atom is -0.423 e. The fraction of sp³-hybridized carbons (Fsp3) is 0.250. The lowest BCUT2D eigenvalue weighted by Crippen LogP contribution is -2.32. The number of fused-ring (bicyclic) bond motifs is 1. The number of benzene rings is 2. The van der Waals surface area contributed by atoms with Crippen LogP contribution in [0.5, 0.6) is 0 Å². The van der Waals surface area contributed by atoms with E-state index in [1.54, 1.807) is 6.07 Å². The van der Waals surface area contributed by atoms with Crippen molar-refractivity contribution in [3.8, 4) is 0 Å². The standard InChI is InChI=1S/C16H18BNO2/c19-17(20)16-7-3-4-13(10-16)11-18-9-8-14-5-1-2-6-15(14)12-18/h1-7,10,19-20H,8-9,11-12H2. The molecule has 0 radical (unpaired) electrons. The van der Waals surface area contributed by atoms with E-state index in [2.05, 4.69) is 29.2 Å². The third kappa shape index (κ3) is 2.93. The molecule has 1 aliphatic heterocycles. The normalized spacial score (nSPS) is 14.9. The third-order valence-electron chi connectivity index (χ3n) is 3.87. The summed E-state index contributed by atoms with van der Waals surface area (Å²) < 4.78 is 0. The Morgan fingerprint density at radius 1 is 1.00 bits per heavy atom. The average molecular weight is 267 g/mol. The van der Waals surface area contributed by atoms with E-state index in [0.717, 1.165) is 31.6 Å². The molecule has 0 saturated heterocycles. The summed E-state index contributed by atoms with van der Waals surface area (Å²) in [6, 6.07) is 16.1. The summed E-state index contributed by atoms with van der Waals surface area (Å²) in [5, 5.41) is 18.5. The van der Waals surface area contributed by atoms with Crippen LogP contribution in [0.3, 0.4) is 0 Å². The van der Waals surface area contributed by atoms with Gasteiger partial charge in [0.1, 0.15) is 0 Å². The van der Waals surface area contributed by atoms with Crippen LogP contribution in [0.2, 0.25) is 0 Å². The zero-order valence-corrected chi connectivity index (χ0v) is 11.4. The second-order valence-electron chi connectivity index (χ2n) is 5.35. The molecule has 0 amide bonds. The van der Waals surface area contributed by atoms with E-state index < -0.39 is 7.12 Å². The van der Waals surface area contributed by atoms with Gasteiger partial charge in [-0.25, -0.2) is 0 Å². The maximum atomic E-state index is 9.23. The molecule has 2 aromatic rings. The second kappa shape index (κ2) is 5.79. The van der Waals surface area contributed by atoms with E-state index >= 15 is 0 Å². The van der Waals surface area contributed by atoms with Gasteiger partial charge in [-0.05, 0) is 28.6 Å². The average Bonchev–Trinajstić information content (AvgIpc) is 2.47. The van der Waals surface area contributed by atoms with Gasteiger partial charge in [0.25, 0.3) is 0 Å². The zero-order chi connectivity index (χ0) is 13.9. The minimum atomic E-state index is -1.39. The van der Waals surface area contributed by atoms with Gasteiger partial charge in [-0.15, -0.1) is 0 Å². The van der Waals surface area contributed by atoms with E-state index in [-0.39, 0.29) is 0 Å². The van der Waals surface area contributed by atoms with Gasteiger partial charge in [-0.1, -0.05) is 48.5 Å². The summed E-state index contributed by atoms with van der Waals surface area (Å²) in [4.78, 5) is 2.39. The molecule has 2 aromatic carbocycles. The molecule has 4 heteroatoms. The van der Waals surface area contributed by atoms with E-state index in [1.165, 1.54) is 11.1 Å². The SMILES string of the molecule is OB(O)c1cccc(CN2CCc3ccccc3C2)c1. The molecule has 102 valence electrons. The molecule has 1 heterocycles. The molecule has 0 aliphatic carbocycles. The molecule has 0 bridgehead atoms. The van der Waals surface area contributed by atoms with Gasteiger partial charge in [0.15, 0.2) is 0 Å². The summed E-state index contributed by atoms with van der Waals surface area (Å²) in [6.07, 6.45) is 1.08. The van der Waals surface area contributed by atoms with Crippen LogP contribution in [0.15, 0.2) is 48.5 Å². The highest BCUT2D eigenvalue weighted by atomic mass is 16.4. The molecular weight excluding hydrogens is 249 g/mol. The molecule has 0 spiro atoms. The Morgan fingerprint density at radius 2 is 1.80 bits per heavy atom. The Labute approximate surface area is 119 Å². The number of rotatable bonds is 3. The van der Waals surface area contributed by atoms with Gasteiger partial charge in [0, 0.05) is 19.6 Å². The summed E-state index contributed by atoms with van der Waals surface area (Å²) in [5.41, 5.74) is 4.52. The zero-order valence-electron chi connectivity index (χ0n) is 11.4. The second-order valence-corrected chi connectivity index (χ2v) is 5.35. The predicted octanol–water partition coefficient (Wildman–Crippen LogP) is 0.925. The molecule has 20 heavy (non-hydrogen) atoms. The van der Waals surface area contributed by atoms with Gasteiger partial charge in [-0.2, -0.15) is 0 Å². The van der Waals surface area contributed by atoms with Crippen LogP contribution in [0.1, 0.15) is 16.7 Å². The van der Waals surface area contributed by atoms with Crippen LogP contribution in [-0.4, -0.2) is 28.6 Å². The Kier molecular flexibility index (Phi) is 3.87. The van der Waals surface area contributed by atoms with E-state index in [1.807, 2.05) is 18.2 Å². The van der Waals surface area contributed by atoms with Gasteiger partial charge in [0.2, 0.25) is 0 Å². The van der Waals surface area contributed by atoms with E-state index in [0.29, 0.717) is 5.46 Å². The highest BCUT2D eigenvalue weighted by molar-refractivity contribution is 6.58.